The predicted octanol–water partition coefficient (Wildman–Crippen LogP) is 4.53. The van der Waals surface area contributed by atoms with Crippen molar-refractivity contribution in [2.75, 3.05) is 13.4 Å². The summed E-state index contributed by atoms with van der Waals surface area (Å²) in [5.74, 6) is 2.22. The zero-order valence-electron chi connectivity index (χ0n) is 15.0. The average molecular weight is 432 g/mol. The number of benzene rings is 2. The first-order chi connectivity index (χ1) is 13.2. The molecule has 0 radical (unpaired) electrons. The molecule has 1 heterocycles. The van der Waals surface area contributed by atoms with Crippen molar-refractivity contribution in [1.29, 1.82) is 0 Å². The van der Waals surface area contributed by atoms with E-state index in [9.17, 15) is 4.79 Å². The molecule has 2 aliphatic rings. The summed E-state index contributed by atoms with van der Waals surface area (Å²) in [5.41, 5.74) is 1.04. The number of hydrogen-bond acceptors (Lipinski definition) is 4. The molecule has 0 N–H and O–H groups in total. The Labute approximate surface area is 167 Å². The first-order valence-corrected chi connectivity index (χ1v) is 10.0. The van der Waals surface area contributed by atoms with Crippen LogP contribution in [0.15, 0.2) is 46.9 Å². The van der Waals surface area contributed by atoms with Crippen molar-refractivity contribution in [3.8, 4) is 17.2 Å². The fourth-order valence-electron chi connectivity index (χ4n) is 3.63. The fourth-order valence-corrected chi connectivity index (χ4v) is 3.90. The van der Waals surface area contributed by atoms with Gasteiger partial charge in [0, 0.05) is 17.1 Å². The summed E-state index contributed by atoms with van der Waals surface area (Å²) in [6.45, 7) is 0.859. The van der Waals surface area contributed by atoms with E-state index in [1.807, 2.05) is 47.4 Å². The molecule has 5 nitrogen and oxygen atoms in total. The van der Waals surface area contributed by atoms with Crippen molar-refractivity contribution >= 4 is 21.8 Å². The summed E-state index contributed by atoms with van der Waals surface area (Å²) in [4.78, 5) is 14.9. The molecule has 1 aliphatic heterocycles. The molecule has 4 rings (SSSR count). The van der Waals surface area contributed by atoms with Gasteiger partial charge in [-0.3, -0.25) is 4.79 Å². The van der Waals surface area contributed by atoms with Gasteiger partial charge in [-0.2, -0.15) is 0 Å². The maximum absolute atomic E-state index is 12.9. The van der Waals surface area contributed by atoms with E-state index < -0.39 is 0 Å². The zero-order valence-corrected chi connectivity index (χ0v) is 16.6. The largest absolute Gasteiger partial charge is 0.484 e. The minimum absolute atomic E-state index is 0.0162. The van der Waals surface area contributed by atoms with E-state index in [4.69, 9.17) is 14.2 Å². The Morgan fingerprint density at radius 3 is 2.59 bits per heavy atom. The van der Waals surface area contributed by atoms with Gasteiger partial charge in [0.05, 0.1) is 0 Å². The Bertz CT molecular complexity index is 802. The van der Waals surface area contributed by atoms with E-state index in [2.05, 4.69) is 15.9 Å². The molecule has 1 saturated carbocycles. The molecule has 0 spiro atoms. The van der Waals surface area contributed by atoms with Crippen LogP contribution in [0.5, 0.6) is 17.2 Å². The topological polar surface area (TPSA) is 48.0 Å². The maximum Gasteiger partial charge on any atom is 0.261 e. The third kappa shape index (κ3) is 4.38. The van der Waals surface area contributed by atoms with Crippen molar-refractivity contribution < 1.29 is 19.0 Å². The monoisotopic (exact) mass is 431 g/mol. The number of carbonyl (C=O) groups is 1. The van der Waals surface area contributed by atoms with Gasteiger partial charge in [0.1, 0.15) is 5.75 Å². The lowest BCUT2D eigenvalue weighted by Crippen LogP contribution is -2.41. The van der Waals surface area contributed by atoms with Crippen molar-refractivity contribution in [2.45, 2.75) is 38.3 Å². The number of ether oxygens (including phenoxy) is 3. The molecule has 0 aromatic heterocycles. The van der Waals surface area contributed by atoms with E-state index >= 15 is 0 Å². The van der Waals surface area contributed by atoms with Gasteiger partial charge in [-0.15, -0.1) is 0 Å². The highest BCUT2D eigenvalue weighted by Crippen LogP contribution is 2.33. The second-order valence-electron chi connectivity index (χ2n) is 6.89. The Morgan fingerprint density at radius 1 is 1.07 bits per heavy atom. The first-order valence-electron chi connectivity index (χ1n) is 9.25. The van der Waals surface area contributed by atoms with Crippen LogP contribution in [0, 0.1) is 0 Å². The second kappa shape index (κ2) is 8.21. The molecule has 2 aromatic carbocycles. The number of fused-ring (bicyclic) bond motifs is 1. The minimum atomic E-state index is 0.0162. The van der Waals surface area contributed by atoms with Crippen LogP contribution in [0.3, 0.4) is 0 Å². The molecule has 0 bridgehead atoms. The second-order valence-corrected chi connectivity index (χ2v) is 7.81. The molecule has 1 fully saturated rings. The highest BCUT2D eigenvalue weighted by molar-refractivity contribution is 9.10. The van der Waals surface area contributed by atoms with E-state index in [1.165, 1.54) is 12.8 Å². The van der Waals surface area contributed by atoms with Crippen molar-refractivity contribution in [3.63, 3.8) is 0 Å². The molecule has 142 valence electrons. The van der Waals surface area contributed by atoms with Crippen LogP contribution < -0.4 is 14.2 Å². The Kier molecular flexibility index (Phi) is 5.53. The van der Waals surface area contributed by atoms with Gasteiger partial charge < -0.3 is 19.1 Å². The highest BCUT2D eigenvalue weighted by atomic mass is 79.9. The van der Waals surface area contributed by atoms with Crippen LogP contribution in [0.1, 0.15) is 31.2 Å². The van der Waals surface area contributed by atoms with Crippen molar-refractivity contribution in [2.24, 2.45) is 0 Å². The molecule has 1 aliphatic carbocycles. The van der Waals surface area contributed by atoms with Crippen LogP contribution in [0.2, 0.25) is 0 Å². The summed E-state index contributed by atoms with van der Waals surface area (Å²) in [6, 6.07) is 13.7. The van der Waals surface area contributed by atoms with Crippen LogP contribution >= 0.6 is 15.9 Å². The maximum atomic E-state index is 12.9. The van der Waals surface area contributed by atoms with E-state index in [0.29, 0.717) is 12.3 Å². The van der Waals surface area contributed by atoms with E-state index in [1.54, 1.807) is 0 Å². The average Bonchev–Trinajstić information content (AvgIpc) is 3.36. The number of rotatable bonds is 6. The lowest BCUT2D eigenvalue weighted by Gasteiger charge is -2.29. The molecule has 6 heteroatoms. The molecule has 2 aromatic rings. The predicted molar refractivity (Wildman–Crippen MR) is 105 cm³/mol. The van der Waals surface area contributed by atoms with Gasteiger partial charge >= 0.3 is 0 Å². The molecule has 0 atom stereocenters. The first kappa shape index (κ1) is 18.2. The van der Waals surface area contributed by atoms with Crippen molar-refractivity contribution in [1.82, 2.24) is 4.90 Å². The number of nitrogens with zero attached hydrogens (tertiary/aromatic N) is 1. The molecule has 27 heavy (non-hydrogen) atoms. The van der Waals surface area contributed by atoms with Gasteiger partial charge in [0.2, 0.25) is 6.79 Å². The number of halogens is 1. The third-order valence-electron chi connectivity index (χ3n) is 5.05. The van der Waals surface area contributed by atoms with Gasteiger partial charge in [0.15, 0.2) is 18.1 Å². The van der Waals surface area contributed by atoms with Gasteiger partial charge in [0.25, 0.3) is 5.91 Å². The van der Waals surface area contributed by atoms with Gasteiger partial charge in [-0.25, -0.2) is 0 Å². The summed E-state index contributed by atoms with van der Waals surface area (Å²) < 4.78 is 17.5. The summed E-state index contributed by atoms with van der Waals surface area (Å²) in [6.07, 6.45) is 4.44. The molecular formula is C21H22BrNO4. The van der Waals surface area contributed by atoms with E-state index in [-0.39, 0.29) is 25.3 Å². The summed E-state index contributed by atoms with van der Waals surface area (Å²) >= 11 is 3.40. The SMILES string of the molecule is O=C(COc1ccc(Br)cc1)N(Cc1ccc2c(c1)OCO2)C1CCCC1. The molecular weight excluding hydrogens is 410 g/mol. The summed E-state index contributed by atoms with van der Waals surface area (Å²) in [5, 5.41) is 0. The Balaban J connectivity index is 1.45. The van der Waals surface area contributed by atoms with Crippen molar-refractivity contribution in [3.05, 3.63) is 52.5 Å². The summed E-state index contributed by atoms with van der Waals surface area (Å²) in [7, 11) is 0. The lowest BCUT2D eigenvalue weighted by atomic mass is 10.1. The van der Waals surface area contributed by atoms with Crippen LogP contribution in [-0.4, -0.2) is 30.2 Å². The highest BCUT2D eigenvalue weighted by Gasteiger charge is 2.27. The van der Waals surface area contributed by atoms with Crippen LogP contribution in [0.25, 0.3) is 0 Å². The van der Waals surface area contributed by atoms with Gasteiger partial charge in [-0.05, 0) is 54.8 Å². The molecule has 1 amide bonds. The van der Waals surface area contributed by atoms with Gasteiger partial charge in [-0.1, -0.05) is 34.8 Å². The van der Waals surface area contributed by atoms with Crippen LogP contribution in [0.4, 0.5) is 0 Å². The Morgan fingerprint density at radius 2 is 1.81 bits per heavy atom. The molecule has 0 unspecified atom stereocenters. The molecule has 0 saturated heterocycles. The number of carbonyl (C=O) groups excluding carboxylic acids is 1. The van der Waals surface area contributed by atoms with Crippen LogP contribution in [-0.2, 0) is 11.3 Å². The minimum Gasteiger partial charge on any atom is -0.484 e. The number of amides is 1. The quantitative estimate of drug-likeness (QED) is 0.673. The third-order valence-corrected chi connectivity index (χ3v) is 5.58. The lowest BCUT2D eigenvalue weighted by molar-refractivity contribution is -0.136. The van der Waals surface area contributed by atoms with E-state index in [0.717, 1.165) is 34.4 Å². The normalized spacial score (nSPS) is 15.7. The number of hydrogen-bond donors (Lipinski definition) is 0. The smallest absolute Gasteiger partial charge is 0.261 e. The Hall–Kier alpha value is -2.21. The standard InChI is InChI=1S/C21H22BrNO4/c22-16-6-8-18(9-7-16)25-13-21(24)23(17-3-1-2-4-17)12-15-5-10-19-20(11-15)27-14-26-19/h5-11,17H,1-4,12-14H2. The fraction of sp³-hybridized carbons (Fsp3) is 0.381. The zero-order chi connectivity index (χ0) is 18.6.